The van der Waals surface area contributed by atoms with Gasteiger partial charge in [0.15, 0.2) is 0 Å². The van der Waals surface area contributed by atoms with Crippen LogP contribution < -0.4 is 16.4 Å². The lowest BCUT2D eigenvalue weighted by Crippen LogP contribution is -2.34. The number of rotatable bonds is 6. The van der Waals surface area contributed by atoms with Crippen molar-refractivity contribution in [2.24, 2.45) is 5.73 Å². The van der Waals surface area contributed by atoms with Gasteiger partial charge in [-0.1, -0.05) is 0 Å². The van der Waals surface area contributed by atoms with Gasteiger partial charge in [0.2, 0.25) is 0 Å². The summed E-state index contributed by atoms with van der Waals surface area (Å²) in [4.78, 5) is 0. The van der Waals surface area contributed by atoms with Gasteiger partial charge in [0.25, 0.3) is 0 Å². The van der Waals surface area contributed by atoms with E-state index in [0.717, 1.165) is 19.6 Å². The van der Waals surface area contributed by atoms with Crippen LogP contribution in [0.15, 0.2) is 0 Å². The number of aliphatic hydroxyl groups is 1. The van der Waals surface area contributed by atoms with Crippen molar-refractivity contribution in [3.05, 3.63) is 0 Å². The Morgan fingerprint density at radius 1 is 1.40 bits per heavy atom. The lowest BCUT2D eigenvalue weighted by molar-refractivity contribution is 0.157. The van der Waals surface area contributed by atoms with Crippen molar-refractivity contribution in [3.63, 3.8) is 0 Å². The minimum atomic E-state index is -0.417. The fourth-order valence-corrected chi connectivity index (χ4v) is 0.597. The average molecular weight is 147 g/mol. The number of nitrogens with two attached hydrogens (primary N) is 1. The molecule has 4 nitrogen and oxygen atoms in total. The molecule has 0 rings (SSSR count). The predicted molar refractivity (Wildman–Crippen MR) is 41.6 cm³/mol. The first-order valence-corrected chi connectivity index (χ1v) is 3.59. The highest BCUT2D eigenvalue weighted by molar-refractivity contribution is 4.51. The third-order valence-corrected chi connectivity index (χ3v) is 1.06. The van der Waals surface area contributed by atoms with Gasteiger partial charge < -0.3 is 16.2 Å². The largest absolute Gasteiger partial charge is 0.379 e. The van der Waals surface area contributed by atoms with Gasteiger partial charge in [0, 0.05) is 26.2 Å². The molecule has 0 radical (unpaired) electrons. The Morgan fingerprint density at radius 2 is 2.10 bits per heavy atom. The molecular formula is C6H17N3O. The molecule has 0 spiro atoms. The standard InChI is InChI=1S/C6H17N3O/c1-6(10)9-5-4-8-3-2-7/h6,8-10H,2-5,7H2,1H3. The molecule has 1 atom stereocenters. The molecule has 0 aromatic carbocycles. The fraction of sp³-hybridized carbons (Fsp3) is 1.00. The van der Waals surface area contributed by atoms with Gasteiger partial charge in [-0.3, -0.25) is 5.32 Å². The molecule has 0 aromatic heterocycles. The van der Waals surface area contributed by atoms with E-state index in [1.54, 1.807) is 6.92 Å². The lowest BCUT2D eigenvalue weighted by atomic mass is 10.5. The molecule has 62 valence electrons. The summed E-state index contributed by atoms with van der Waals surface area (Å²) in [6.45, 7) is 4.82. The highest BCUT2D eigenvalue weighted by Crippen LogP contribution is 1.67. The maximum absolute atomic E-state index is 8.75. The van der Waals surface area contributed by atoms with Gasteiger partial charge >= 0.3 is 0 Å². The van der Waals surface area contributed by atoms with Gasteiger partial charge in [-0.05, 0) is 6.92 Å². The Labute approximate surface area is 61.8 Å². The van der Waals surface area contributed by atoms with E-state index in [2.05, 4.69) is 10.6 Å². The van der Waals surface area contributed by atoms with Crippen molar-refractivity contribution in [2.45, 2.75) is 13.2 Å². The zero-order chi connectivity index (χ0) is 7.82. The molecule has 5 N–H and O–H groups in total. The van der Waals surface area contributed by atoms with Gasteiger partial charge in [0.1, 0.15) is 6.23 Å². The Bertz CT molecular complexity index is 68.0. The minimum absolute atomic E-state index is 0.417. The van der Waals surface area contributed by atoms with E-state index in [1.165, 1.54) is 0 Å². The molecule has 0 bridgehead atoms. The molecule has 0 aromatic rings. The van der Waals surface area contributed by atoms with Crippen LogP contribution in [-0.4, -0.2) is 37.5 Å². The maximum atomic E-state index is 8.75. The van der Waals surface area contributed by atoms with Crippen LogP contribution >= 0.6 is 0 Å². The molecule has 4 heteroatoms. The molecule has 0 saturated carbocycles. The molecule has 10 heavy (non-hydrogen) atoms. The monoisotopic (exact) mass is 147 g/mol. The number of hydrogen-bond donors (Lipinski definition) is 4. The molecule has 1 unspecified atom stereocenters. The van der Waals surface area contributed by atoms with Gasteiger partial charge in [-0.25, -0.2) is 0 Å². The molecule has 0 heterocycles. The summed E-state index contributed by atoms with van der Waals surface area (Å²) in [5.41, 5.74) is 5.24. The van der Waals surface area contributed by atoms with Crippen molar-refractivity contribution in [1.29, 1.82) is 0 Å². The van der Waals surface area contributed by atoms with E-state index in [4.69, 9.17) is 10.8 Å². The van der Waals surface area contributed by atoms with E-state index in [1.807, 2.05) is 0 Å². The van der Waals surface area contributed by atoms with E-state index in [0.29, 0.717) is 6.54 Å². The van der Waals surface area contributed by atoms with E-state index in [-0.39, 0.29) is 0 Å². The molecule has 0 amide bonds. The Kier molecular flexibility index (Phi) is 6.84. The SMILES string of the molecule is CC(O)NCCNCCN. The van der Waals surface area contributed by atoms with Crippen molar-refractivity contribution >= 4 is 0 Å². The Balaban J connectivity index is 2.77. The molecule has 0 fully saturated rings. The fourth-order valence-electron chi connectivity index (χ4n) is 0.597. The van der Waals surface area contributed by atoms with E-state index >= 15 is 0 Å². The second-order valence-corrected chi connectivity index (χ2v) is 2.17. The zero-order valence-corrected chi connectivity index (χ0v) is 6.43. The van der Waals surface area contributed by atoms with Crippen LogP contribution in [0, 0.1) is 0 Å². The van der Waals surface area contributed by atoms with Gasteiger partial charge in [0.05, 0.1) is 0 Å². The van der Waals surface area contributed by atoms with Crippen LogP contribution in [0.1, 0.15) is 6.92 Å². The second kappa shape index (κ2) is 6.95. The Morgan fingerprint density at radius 3 is 2.60 bits per heavy atom. The predicted octanol–water partition coefficient (Wildman–Crippen LogP) is -1.54. The number of aliphatic hydroxyl groups excluding tert-OH is 1. The smallest absolute Gasteiger partial charge is 0.102 e. The van der Waals surface area contributed by atoms with Crippen molar-refractivity contribution in [2.75, 3.05) is 26.2 Å². The summed E-state index contributed by atoms with van der Waals surface area (Å²) in [5.74, 6) is 0. The molecule has 0 aliphatic rings. The maximum Gasteiger partial charge on any atom is 0.102 e. The van der Waals surface area contributed by atoms with Gasteiger partial charge in [-0.15, -0.1) is 0 Å². The highest BCUT2D eigenvalue weighted by atomic mass is 16.3. The van der Waals surface area contributed by atoms with Gasteiger partial charge in [-0.2, -0.15) is 0 Å². The molecule has 0 aliphatic heterocycles. The normalized spacial score (nSPS) is 13.5. The third-order valence-electron chi connectivity index (χ3n) is 1.06. The van der Waals surface area contributed by atoms with Crippen LogP contribution in [-0.2, 0) is 0 Å². The Hall–Kier alpha value is -0.160. The first-order valence-electron chi connectivity index (χ1n) is 3.59. The summed E-state index contributed by atoms with van der Waals surface area (Å²) in [5, 5.41) is 14.7. The quantitative estimate of drug-likeness (QED) is 0.271. The highest BCUT2D eigenvalue weighted by Gasteiger charge is 1.90. The van der Waals surface area contributed by atoms with Crippen LogP contribution in [0.5, 0.6) is 0 Å². The summed E-state index contributed by atoms with van der Waals surface area (Å²) in [6, 6.07) is 0. The van der Waals surface area contributed by atoms with E-state index < -0.39 is 6.23 Å². The number of hydrogen-bond acceptors (Lipinski definition) is 4. The summed E-state index contributed by atoms with van der Waals surface area (Å²) >= 11 is 0. The molecule has 0 saturated heterocycles. The molecule has 0 aliphatic carbocycles. The summed E-state index contributed by atoms with van der Waals surface area (Å²) in [7, 11) is 0. The van der Waals surface area contributed by atoms with Crippen LogP contribution in [0.2, 0.25) is 0 Å². The van der Waals surface area contributed by atoms with Crippen LogP contribution in [0.4, 0.5) is 0 Å². The lowest BCUT2D eigenvalue weighted by Gasteiger charge is -2.06. The zero-order valence-electron chi connectivity index (χ0n) is 6.43. The van der Waals surface area contributed by atoms with Crippen molar-refractivity contribution in [3.8, 4) is 0 Å². The number of nitrogens with one attached hydrogen (secondary N) is 2. The summed E-state index contributed by atoms with van der Waals surface area (Å²) < 4.78 is 0. The molecular weight excluding hydrogens is 130 g/mol. The third kappa shape index (κ3) is 7.84. The first kappa shape index (κ1) is 9.84. The average Bonchev–Trinajstić information content (AvgIpc) is 1.87. The van der Waals surface area contributed by atoms with Crippen LogP contribution in [0.25, 0.3) is 0 Å². The van der Waals surface area contributed by atoms with Crippen molar-refractivity contribution in [1.82, 2.24) is 10.6 Å². The summed E-state index contributed by atoms with van der Waals surface area (Å²) in [6.07, 6.45) is -0.417. The minimum Gasteiger partial charge on any atom is -0.379 e. The second-order valence-electron chi connectivity index (χ2n) is 2.17. The van der Waals surface area contributed by atoms with E-state index in [9.17, 15) is 0 Å². The first-order chi connectivity index (χ1) is 4.77. The topological polar surface area (TPSA) is 70.3 Å². The van der Waals surface area contributed by atoms with Crippen molar-refractivity contribution < 1.29 is 5.11 Å². The van der Waals surface area contributed by atoms with Crippen LogP contribution in [0.3, 0.4) is 0 Å².